The van der Waals surface area contributed by atoms with Crippen molar-refractivity contribution in [2.75, 3.05) is 0 Å². The lowest BCUT2D eigenvalue weighted by Gasteiger charge is -2.18. The third kappa shape index (κ3) is 1.93. The number of aromatic hydroxyl groups is 1. The minimum absolute atomic E-state index is 0.0598. The Morgan fingerprint density at radius 3 is 2.28 bits per heavy atom. The Kier molecular flexibility index (Phi) is 3.00. The zero-order chi connectivity index (χ0) is 13.4. The van der Waals surface area contributed by atoms with Gasteiger partial charge in [-0.15, -0.1) is 0 Å². The Morgan fingerprint density at radius 1 is 1.11 bits per heavy atom. The molecule has 0 bridgehead atoms. The first-order valence-electron chi connectivity index (χ1n) is 4.77. The van der Waals surface area contributed by atoms with Crippen molar-refractivity contribution in [3.8, 4) is 5.75 Å². The molecular weight excluding hydrogens is 246 g/mol. The molecule has 6 N–H and O–H groups in total. The minimum atomic E-state index is -1.48. The van der Waals surface area contributed by atoms with Gasteiger partial charge < -0.3 is 20.5 Å². The average Bonchev–Trinajstić information content (AvgIpc) is 2.29. The van der Waals surface area contributed by atoms with Crippen LogP contribution in [-0.2, 0) is 0 Å². The number of fused-ring (bicyclic) bond motifs is 1. The van der Waals surface area contributed by atoms with Crippen LogP contribution in [0.1, 0.15) is 0 Å². The van der Waals surface area contributed by atoms with Crippen molar-refractivity contribution < 1.29 is 26.0 Å². The number of hydrogen-bond acceptors (Lipinski definition) is 6. The lowest BCUT2D eigenvalue weighted by molar-refractivity contribution is -0.995. The second kappa shape index (κ2) is 4.34. The molecule has 2 unspecified atom stereocenters. The number of phenolic OH excluding ortho intramolecular Hbond substituents is 1. The molecule has 96 valence electrons. The molecule has 0 amide bonds. The van der Waals surface area contributed by atoms with Gasteiger partial charge in [-0.05, 0) is 6.07 Å². The second-order valence-corrected chi connectivity index (χ2v) is 3.54. The van der Waals surface area contributed by atoms with Crippen molar-refractivity contribution in [1.82, 2.24) is 4.98 Å². The van der Waals surface area contributed by atoms with Gasteiger partial charge in [0.15, 0.2) is 5.69 Å². The first kappa shape index (κ1) is 12.4. The van der Waals surface area contributed by atoms with Crippen molar-refractivity contribution in [2.45, 2.75) is 0 Å². The second-order valence-electron chi connectivity index (χ2n) is 3.54. The fourth-order valence-electron chi connectivity index (χ4n) is 1.65. The van der Waals surface area contributed by atoms with Gasteiger partial charge in [0.05, 0.1) is 11.5 Å². The maximum atomic E-state index is 11.1. The molecule has 2 aromatic rings. The molecule has 0 radical (unpaired) electrons. The van der Waals surface area contributed by atoms with Crippen LogP contribution in [0.5, 0.6) is 5.75 Å². The van der Waals surface area contributed by atoms with E-state index in [0.717, 1.165) is 12.1 Å². The average molecular weight is 255 g/mol. The summed E-state index contributed by atoms with van der Waals surface area (Å²) in [5.41, 5.74) is -1.67. The maximum absolute atomic E-state index is 11.1. The fourth-order valence-corrected chi connectivity index (χ4v) is 1.65. The number of aromatic amines is 1. The molecule has 0 aliphatic heterocycles. The van der Waals surface area contributed by atoms with E-state index in [2.05, 4.69) is 4.98 Å². The van der Waals surface area contributed by atoms with E-state index in [0.29, 0.717) is 0 Å². The van der Waals surface area contributed by atoms with Crippen molar-refractivity contribution >= 4 is 22.3 Å². The van der Waals surface area contributed by atoms with E-state index in [1.54, 1.807) is 0 Å². The highest BCUT2D eigenvalue weighted by molar-refractivity contribution is 5.95. The van der Waals surface area contributed by atoms with Crippen LogP contribution in [0.25, 0.3) is 10.9 Å². The summed E-state index contributed by atoms with van der Waals surface area (Å²) in [7, 11) is 0. The van der Waals surface area contributed by atoms with E-state index < -0.39 is 27.4 Å². The highest BCUT2D eigenvalue weighted by atomic mass is 16.8. The van der Waals surface area contributed by atoms with Gasteiger partial charge in [0, 0.05) is 6.07 Å². The van der Waals surface area contributed by atoms with Gasteiger partial charge in [-0.25, -0.2) is 10.4 Å². The number of phenols is 1. The van der Waals surface area contributed by atoms with E-state index in [1.807, 2.05) is 0 Å². The SMILES string of the molecule is O=c1ccc2c([NH+]([O-])O)cc([NH+]([O-])O)c(O)c2[nH]1. The molecule has 18 heavy (non-hydrogen) atoms. The number of nitrogens with one attached hydrogen (secondary N) is 3. The highest BCUT2D eigenvalue weighted by Gasteiger charge is 2.20. The molecular formula is C9H9N3O6. The lowest BCUT2D eigenvalue weighted by atomic mass is 10.1. The van der Waals surface area contributed by atoms with Crippen LogP contribution in [0.4, 0.5) is 11.4 Å². The first-order valence-corrected chi connectivity index (χ1v) is 4.77. The van der Waals surface area contributed by atoms with E-state index in [9.17, 15) is 20.3 Å². The predicted octanol–water partition coefficient (Wildman–Crippen LogP) is -1.96. The van der Waals surface area contributed by atoms with Gasteiger partial charge in [-0.3, -0.25) is 4.79 Å². The molecule has 0 aliphatic carbocycles. The normalized spacial score (nSPS) is 14.7. The fraction of sp³-hybridized carbons (Fsp3) is 0. The number of hydrogen-bond donors (Lipinski definition) is 6. The van der Waals surface area contributed by atoms with Crippen molar-refractivity contribution in [1.29, 1.82) is 0 Å². The smallest absolute Gasteiger partial charge is 0.248 e. The summed E-state index contributed by atoms with van der Waals surface area (Å²) in [6, 6.07) is 3.15. The largest absolute Gasteiger partial charge is 0.595 e. The Morgan fingerprint density at radius 2 is 1.72 bits per heavy atom. The molecule has 9 heteroatoms. The predicted molar refractivity (Wildman–Crippen MR) is 57.8 cm³/mol. The number of pyridine rings is 1. The van der Waals surface area contributed by atoms with E-state index in [4.69, 9.17) is 10.4 Å². The Labute approximate surface area is 98.8 Å². The summed E-state index contributed by atoms with van der Waals surface area (Å²) in [4.78, 5) is 13.4. The van der Waals surface area contributed by atoms with Crippen molar-refractivity contribution in [3.63, 3.8) is 0 Å². The topological polar surface area (TPSA) is 149 Å². The van der Waals surface area contributed by atoms with E-state index in [1.165, 1.54) is 6.07 Å². The summed E-state index contributed by atoms with van der Waals surface area (Å²) in [5.74, 6) is -0.666. The third-order valence-electron chi connectivity index (χ3n) is 2.45. The zero-order valence-corrected chi connectivity index (χ0v) is 8.80. The lowest BCUT2D eigenvalue weighted by Crippen LogP contribution is -3.00. The van der Waals surface area contributed by atoms with Crippen molar-refractivity contribution in [3.05, 3.63) is 39.0 Å². The Bertz CT molecular complexity index is 651. The van der Waals surface area contributed by atoms with Crippen LogP contribution in [0.15, 0.2) is 23.0 Å². The molecule has 2 rings (SSSR count). The summed E-state index contributed by atoms with van der Waals surface area (Å²) >= 11 is 0. The van der Waals surface area contributed by atoms with Gasteiger partial charge in [0.2, 0.25) is 17.0 Å². The third-order valence-corrected chi connectivity index (χ3v) is 2.45. The molecule has 1 heterocycles. The zero-order valence-electron chi connectivity index (χ0n) is 8.80. The molecule has 2 atom stereocenters. The number of aromatic nitrogens is 1. The van der Waals surface area contributed by atoms with Gasteiger partial charge in [0.1, 0.15) is 5.52 Å². The van der Waals surface area contributed by atoms with Gasteiger partial charge in [-0.1, -0.05) is 0 Å². The summed E-state index contributed by atoms with van der Waals surface area (Å²) < 4.78 is 0. The van der Waals surface area contributed by atoms with E-state index in [-0.39, 0.29) is 16.6 Å². The molecule has 0 spiro atoms. The molecule has 1 aromatic carbocycles. The maximum Gasteiger partial charge on any atom is 0.248 e. The number of benzene rings is 1. The molecule has 0 saturated carbocycles. The number of rotatable bonds is 2. The first-order chi connectivity index (χ1) is 8.41. The van der Waals surface area contributed by atoms with Gasteiger partial charge >= 0.3 is 0 Å². The van der Waals surface area contributed by atoms with Crippen molar-refractivity contribution in [2.24, 2.45) is 0 Å². The summed E-state index contributed by atoms with van der Waals surface area (Å²) in [6.45, 7) is 0. The molecule has 1 aromatic heterocycles. The van der Waals surface area contributed by atoms with Crippen LogP contribution in [0.2, 0.25) is 0 Å². The van der Waals surface area contributed by atoms with Crippen LogP contribution in [0, 0.1) is 10.4 Å². The van der Waals surface area contributed by atoms with Crippen LogP contribution in [0.3, 0.4) is 0 Å². The number of quaternary nitrogens is 2. The highest BCUT2D eigenvalue weighted by Crippen LogP contribution is 2.32. The quantitative estimate of drug-likeness (QED) is 0.208. The standard InChI is InChI=1S/C9H9N3O6/c13-7-2-1-4-5(11(15)16)3-6(12(17)18)9(14)8(4)10-7/h1-3,11-12,14-15,17H,(H,10,13). The Balaban J connectivity index is 2.92. The van der Waals surface area contributed by atoms with Crippen LogP contribution < -0.4 is 16.0 Å². The Hall–Kier alpha value is -2.01. The van der Waals surface area contributed by atoms with Gasteiger partial charge in [0.25, 0.3) is 0 Å². The monoisotopic (exact) mass is 255 g/mol. The van der Waals surface area contributed by atoms with Crippen LogP contribution in [-0.4, -0.2) is 20.5 Å². The van der Waals surface area contributed by atoms with E-state index >= 15 is 0 Å². The molecule has 9 nitrogen and oxygen atoms in total. The van der Waals surface area contributed by atoms with Gasteiger partial charge in [-0.2, -0.15) is 10.5 Å². The van der Waals surface area contributed by atoms with Crippen LogP contribution >= 0.6 is 0 Å². The summed E-state index contributed by atoms with van der Waals surface area (Å²) in [5, 5.41) is 46.7. The molecule has 0 saturated heterocycles. The molecule has 0 fully saturated rings. The summed E-state index contributed by atoms with van der Waals surface area (Å²) in [6.07, 6.45) is 0. The molecule has 0 aliphatic rings. The number of H-pyrrole nitrogens is 1. The minimum Gasteiger partial charge on any atom is -0.595 e.